The summed E-state index contributed by atoms with van der Waals surface area (Å²) in [7, 11) is -4.17. The minimum atomic E-state index is -4.17. The molecule has 0 aliphatic heterocycles. The second kappa shape index (κ2) is 21.2. The Morgan fingerprint density at radius 1 is 0.593 bits per heavy atom. The number of rotatable bonds is 20. The third-order valence-electron chi connectivity index (χ3n) is 7.99. The van der Waals surface area contributed by atoms with Crippen LogP contribution in [0.4, 0.5) is 11.4 Å². The lowest BCUT2D eigenvalue weighted by Crippen LogP contribution is -2.17. The van der Waals surface area contributed by atoms with Crippen LogP contribution in [0.1, 0.15) is 26.7 Å². The van der Waals surface area contributed by atoms with Crippen LogP contribution in [0.3, 0.4) is 0 Å². The van der Waals surface area contributed by atoms with E-state index in [2.05, 4.69) is 23.8 Å². The standard InChI is InChI=1S/C44H40N2O12S/c1-29(2)43(51)55-25-21-31(19-23-47)41(49)45-37-15-5-7-17-39(37)57-33-11-9-13-35(27-33)59(53,54)36-14-10-12-34(28-36)58-40-18-8-6-16-38(40)46-42(50)32(20-24-48)22-26-56-44(52)30(3)4/h5-20,23-24,27-28H,1,3,21-22,25-26H2,2,4H3,(H,45,49)(H,46,50). The zero-order valence-electron chi connectivity index (χ0n) is 32.1. The number of allylic oxidation sites excluding steroid dienone is 2. The van der Waals surface area contributed by atoms with Crippen molar-refractivity contribution in [1.29, 1.82) is 0 Å². The van der Waals surface area contributed by atoms with Crippen LogP contribution in [0.15, 0.2) is 154 Å². The average Bonchev–Trinajstić information content (AvgIpc) is 3.21. The number of carbonyl (C=O) groups excluding carboxylic acids is 6. The minimum absolute atomic E-state index is 0.0356. The van der Waals surface area contributed by atoms with E-state index in [9.17, 15) is 37.2 Å². The summed E-state index contributed by atoms with van der Waals surface area (Å²) in [6.07, 6.45) is 2.88. The van der Waals surface area contributed by atoms with Gasteiger partial charge in [-0.25, -0.2) is 18.0 Å². The van der Waals surface area contributed by atoms with Gasteiger partial charge >= 0.3 is 11.9 Å². The van der Waals surface area contributed by atoms with E-state index in [1.54, 1.807) is 48.5 Å². The first kappa shape index (κ1) is 44.3. The van der Waals surface area contributed by atoms with Gasteiger partial charge in [0.25, 0.3) is 11.8 Å². The lowest BCUT2D eigenvalue weighted by Gasteiger charge is -2.15. The highest BCUT2D eigenvalue weighted by Gasteiger charge is 2.21. The maximum atomic E-state index is 13.9. The highest BCUT2D eigenvalue weighted by atomic mass is 32.2. The van der Waals surface area contributed by atoms with Crippen molar-refractivity contribution in [2.24, 2.45) is 0 Å². The maximum Gasteiger partial charge on any atom is 0.333 e. The molecule has 4 aromatic carbocycles. The average molecular weight is 821 g/mol. The minimum Gasteiger partial charge on any atom is -0.462 e. The second-order valence-electron chi connectivity index (χ2n) is 12.5. The first-order valence-electron chi connectivity index (χ1n) is 17.8. The van der Waals surface area contributed by atoms with Crippen molar-refractivity contribution in [3.63, 3.8) is 0 Å². The molecule has 0 unspecified atom stereocenters. The predicted molar refractivity (Wildman–Crippen MR) is 218 cm³/mol. The zero-order valence-corrected chi connectivity index (χ0v) is 32.9. The number of amides is 2. The molecule has 15 heteroatoms. The Bertz CT molecular complexity index is 2290. The number of ether oxygens (including phenoxy) is 4. The van der Waals surface area contributed by atoms with E-state index in [4.69, 9.17) is 18.9 Å². The first-order chi connectivity index (χ1) is 28.2. The third kappa shape index (κ3) is 12.8. The highest BCUT2D eigenvalue weighted by molar-refractivity contribution is 7.91. The lowest BCUT2D eigenvalue weighted by atomic mass is 10.1. The number of hydrogen-bond acceptors (Lipinski definition) is 12. The number of para-hydroxylation sites is 4. The number of hydrogen-bond donors (Lipinski definition) is 2. The summed E-state index contributed by atoms with van der Waals surface area (Å²) in [4.78, 5) is 71.9. The van der Waals surface area contributed by atoms with E-state index < -0.39 is 33.6 Å². The fourth-order valence-electron chi connectivity index (χ4n) is 4.99. The number of sulfone groups is 1. The molecule has 4 aromatic rings. The van der Waals surface area contributed by atoms with E-state index in [0.717, 1.165) is 12.2 Å². The van der Waals surface area contributed by atoms with Crippen molar-refractivity contribution in [3.05, 3.63) is 145 Å². The summed E-state index contributed by atoms with van der Waals surface area (Å²) >= 11 is 0. The van der Waals surface area contributed by atoms with Crippen molar-refractivity contribution < 1.29 is 56.1 Å². The van der Waals surface area contributed by atoms with Crippen LogP contribution < -0.4 is 20.1 Å². The molecule has 0 aromatic heterocycles. The number of anilines is 2. The molecule has 2 N–H and O–H groups in total. The van der Waals surface area contributed by atoms with Crippen LogP contribution >= 0.6 is 0 Å². The monoisotopic (exact) mass is 820 g/mol. The number of carbonyl (C=O) groups is 6. The van der Waals surface area contributed by atoms with Gasteiger partial charge in [-0.3, -0.25) is 19.2 Å². The van der Waals surface area contributed by atoms with E-state index >= 15 is 0 Å². The molecule has 0 aliphatic rings. The van der Waals surface area contributed by atoms with Gasteiger partial charge in [-0.1, -0.05) is 49.6 Å². The van der Waals surface area contributed by atoms with Crippen LogP contribution in [-0.2, 0) is 48.1 Å². The van der Waals surface area contributed by atoms with Gasteiger partial charge in [0.2, 0.25) is 9.84 Å². The van der Waals surface area contributed by atoms with Gasteiger partial charge in [0.1, 0.15) is 24.1 Å². The molecule has 0 saturated heterocycles. The topological polar surface area (TPSA) is 198 Å². The van der Waals surface area contributed by atoms with E-state index in [-0.39, 0.29) is 92.5 Å². The van der Waals surface area contributed by atoms with Crippen LogP contribution in [-0.4, -0.2) is 58.0 Å². The van der Waals surface area contributed by atoms with Crippen molar-refractivity contribution in [1.82, 2.24) is 0 Å². The molecule has 0 fully saturated rings. The van der Waals surface area contributed by atoms with Gasteiger partial charge < -0.3 is 29.6 Å². The van der Waals surface area contributed by atoms with Gasteiger partial charge in [0, 0.05) is 35.1 Å². The Morgan fingerprint density at radius 2 is 0.983 bits per heavy atom. The predicted octanol–water partition coefficient (Wildman–Crippen LogP) is 7.25. The molecule has 59 heavy (non-hydrogen) atoms. The van der Waals surface area contributed by atoms with Gasteiger partial charge in [0.15, 0.2) is 11.5 Å². The molecule has 4 rings (SSSR count). The van der Waals surface area contributed by atoms with Gasteiger partial charge in [-0.2, -0.15) is 0 Å². The molecule has 0 bridgehead atoms. The lowest BCUT2D eigenvalue weighted by molar-refractivity contribution is -0.139. The Balaban J connectivity index is 1.49. The molecule has 0 aliphatic carbocycles. The zero-order chi connectivity index (χ0) is 43.0. The summed E-state index contributed by atoms with van der Waals surface area (Å²) in [6, 6.07) is 24.2. The van der Waals surface area contributed by atoms with Gasteiger partial charge in [-0.15, -0.1) is 0 Å². The highest BCUT2D eigenvalue weighted by Crippen LogP contribution is 2.34. The van der Waals surface area contributed by atoms with Crippen molar-refractivity contribution in [2.45, 2.75) is 36.5 Å². The van der Waals surface area contributed by atoms with Crippen LogP contribution in [0.2, 0.25) is 0 Å². The molecule has 0 saturated carbocycles. The second-order valence-corrected chi connectivity index (χ2v) is 14.5. The van der Waals surface area contributed by atoms with E-state index in [0.29, 0.717) is 12.6 Å². The molecule has 0 heterocycles. The Kier molecular flexibility index (Phi) is 15.9. The molecule has 0 radical (unpaired) electrons. The fraction of sp³-hybridized carbons (Fsp3) is 0.136. The first-order valence-corrected chi connectivity index (χ1v) is 19.3. The Labute approximate surface area is 340 Å². The number of aldehydes is 2. The van der Waals surface area contributed by atoms with Crippen molar-refractivity contribution in [3.8, 4) is 23.0 Å². The summed E-state index contributed by atoms with van der Waals surface area (Å²) < 4.78 is 50.0. The molecule has 14 nitrogen and oxygen atoms in total. The summed E-state index contributed by atoms with van der Waals surface area (Å²) in [6.45, 7) is 9.62. The largest absolute Gasteiger partial charge is 0.462 e. The van der Waals surface area contributed by atoms with Crippen molar-refractivity contribution in [2.75, 3.05) is 23.8 Å². The Morgan fingerprint density at radius 3 is 1.36 bits per heavy atom. The van der Waals surface area contributed by atoms with Gasteiger partial charge in [-0.05, 0) is 86.7 Å². The molecular formula is C44H40N2O12S. The SMILES string of the molecule is C=C(C)C(=O)OCCC(=CC=O)C(=O)Nc1ccccc1Oc1cccc(S(=O)(=O)c2cccc(Oc3ccccc3NC(=O)C(=CC=O)CCOC(=O)C(=C)C)c2)c1. The fourth-order valence-corrected chi connectivity index (χ4v) is 6.32. The molecule has 2 amide bonds. The summed E-state index contributed by atoms with van der Waals surface area (Å²) in [5.74, 6) is -2.00. The molecule has 304 valence electrons. The summed E-state index contributed by atoms with van der Waals surface area (Å²) in [5, 5.41) is 5.35. The summed E-state index contributed by atoms with van der Waals surface area (Å²) in [5.41, 5.74) is 0.860. The molecule has 0 atom stereocenters. The third-order valence-corrected chi connectivity index (χ3v) is 9.73. The number of benzene rings is 4. The quantitative estimate of drug-likeness (QED) is 0.0515. The van der Waals surface area contributed by atoms with Crippen LogP contribution in [0, 0.1) is 0 Å². The molecular weight excluding hydrogens is 781 g/mol. The number of nitrogens with one attached hydrogen (secondary N) is 2. The van der Waals surface area contributed by atoms with E-state index in [1.807, 2.05) is 0 Å². The number of esters is 2. The van der Waals surface area contributed by atoms with Crippen LogP contribution in [0.5, 0.6) is 23.0 Å². The van der Waals surface area contributed by atoms with E-state index in [1.165, 1.54) is 62.4 Å². The normalized spacial score (nSPS) is 11.4. The Hall–Kier alpha value is -7.39. The van der Waals surface area contributed by atoms with Gasteiger partial charge in [0.05, 0.1) is 34.4 Å². The van der Waals surface area contributed by atoms with Crippen molar-refractivity contribution >= 4 is 57.5 Å². The van der Waals surface area contributed by atoms with Crippen LogP contribution in [0.25, 0.3) is 0 Å². The smallest absolute Gasteiger partial charge is 0.333 e. The maximum absolute atomic E-state index is 13.9. The molecule has 0 spiro atoms.